The molecule has 0 amide bonds. The standard InChI is InChI=1S/C10H12ClN3O3/c1-16-10(15)7-6-14(4-5-17-7)9-3-2-8(11)12-13-9/h2-3,7H,4-6H2,1H3/t7-/m0/s1. The molecule has 1 aromatic heterocycles. The summed E-state index contributed by atoms with van der Waals surface area (Å²) < 4.78 is 9.96. The predicted molar refractivity (Wildman–Crippen MR) is 61.0 cm³/mol. The lowest BCUT2D eigenvalue weighted by molar-refractivity contribution is -0.154. The molecule has 2 rings (SSSR count). The summed E-state index contributed by atoms with van der Waals surface area (Å²) in [6.07, 6.45) is -0.578. The van der Waals surface area contributed by atoms with E-state index in [1.54, 1.807) is 12.1 Å². The second-order valence-corrected chi connectivity index (χ2v) is 3.93. The molecule has 0 radical (unpaired) electrons. The van der Waals surface area contributed by atoms with Crippen LogP contribution in [0.3, 0.4) is 0 Å². The number of hydrogen-bond acceptors (Lipinski definition) is 6. The Morgan fingerprint density at radius 3 is 3.06 bits per heavy atom. The van der Waals surface area contributed by atoms with Crippen LogP contribution in [-0.2, 0) is 14.3 Å². The first-order valence-electron chi connectivity index (χ1n) is 5.14. The van der Waals surface area contributed by atoms with Gasteiger partial charge in [0.05, 0.1) is 20.3 Å². The number of nitrogens with zero attached hydrogens (tertiary/aromatic N) is 3. The lowest BCUT2D eigenvalue weighted by Gasteiger charge is -2.31. The Morgan fingerprint density at radius 1 is 1.59 bits per heavy atom. The molecule has 0 N–H and O–H groups in total. The largest absolute Gasteiger partial charge is 0.467 e. The Hall–Kier alpha value is -1.40. The smallest absolute Gasteiger partial charge is 0.336 e. The molecule has 1 saturated heterocycles. The fourth-order valence-corrected chi connectivity index (χ4v) is 1.71. The van der Waals surface area contributed by atoms with Gasteiger partial charge in [0.25, 0.3) is 0 Å². The lowest BCUT2D eigenvalue weighted by atomic mass is 10.2. The van der Waals surface area contributed by atoms with Crippen LogP contribution >= 0.6 is 11.6 Å². The van der Waals surface area contributed by atoms with Gasteiger partial charge in [-0.1, -0.05) is 11.6 Å². The van der Waals surface area contributed by atoms with E-state index in [1.807, 2.05) is 4.90 Å². The van der Waals surface area contributed by atoms with Gasteiger partial charge in [-0.2, -0.15) is 0 Å². The third-order valence-electron chi connectivity index (χ3n) is 2.47. The zero-order chi connectivity index (χ0) is 12.3. The highest BCUT2D eigenvalue weighted by molar-refractivity contribution is 6.29. The monoisotopic (exact) mass is 257 g/mol. The number of morpholine rings is 1. The van der Waals surface area contributed by atoms with E-state index in [4.69, 9.17) is 16.3 Å². The van der Waals surface area contributed by atoms with Gasteiger partial charge in [0, 0.05) is 6.54 Å². The Kier molecular flexibility index (Phi) is 3.75. The lowest BCUT2D eigenvalue weighted by Crippen LogP contribution is -2.46. The number of hydrogen-bond donors (Lipinski definition) is 0. The molecule has 0 aromatic carbocycles. The molecule has 1 aliphatic rings. The first kappa shape index (κ1) is 12.1. The number of halogens is 1. The van der Waals surface area contributed by atoms with Crippen molar-refractivity contribution in [2.75, 3.05) is 31.7 Å². The van der Waals surface area contributed by atoms with Crippen LogP contribution in [0.15, 0.2) is 12.1 Å². The predicted octanol–water partition coefficient (Wildman–Crippen LogP) is 0.508. The Morgan fingerprint density at radius 2 is 2.41 bits per heavy atom. The first-order chi connectivity index (χ1) is 8.20. The molecule has 0 saturated carbocycles. The molecule has 6 nitrogen and oxygen atoms in total. The fraction of sp³-hybridized carbons (Fsp3) is 0.500. The van der Waals surface area contributed by atoms with Crippen LogP contribution in [0.4, 0.5) is 5.82 Å². The van der Waals surface area contributed by atoms with E-state index in [9.17, 15) is 4.79 Å². The number of carbonyl (C=O) groups excluding carboxylic acids is 1. The van der Waals surface area contributed by atoms with E-state index in [2.05, 4.69) is 14.9 Å². The minimum Gasteiger partial charge on any atom is -0.467 e. The molecule has 17 heavy (non-hydrogen) atoms. The summed E-state index contributed by atoms with van der Waals surface area (Å²) in [5.74, 6) is 0.295. The zero-order valence-corrected chi connectivity index (χ0v) is 10.1. The van der Waals surface area contributed by atoms with Gasteiger partial charge in [-0.25, -0.2) is 4.79 Å². The minimum absolute atomic E-state index is 0.339. The maximum Gasteiger partial charge on any atom is 0.336 e. The number of aromatic nitrogens is 2. The topological polar surface area (TPSA) is 64.5 Å². The highest BCUT2D eigenvalue weighted by Crippen LogP contribution is 2.16. The van der Waals surface area contributed by atoms with Crippen molar-refractivity contribution in [2.24, 2.45) is 0 Å². The summed E-state index contributed by atoms with van der Waals surface area (Å²) in [5.41, 5.74) is 0. The second kappa shape index (κ2) is 5.29. The molecule has 1 atom stereocenters. The summed E-state index contributed by atoms with van der Waals surface area (Å²) >= 11 is 5.66. The fourth-order valence-electron chi connectivity index (χ4n) is 1.61. The minimum atomic E-state index is -0.578. The molecule has 7 heteroatoms. The number of rotatable bonds is 2. The Bertz CT molecular complexity index is 398. The van der Waals surface area contributed by atoms with Crippen LogP contribution in [0.25, 0.3) is 0 Å². The first-order valence-corrected chi connectivity index (χ1v) is 5.52. The molecule has 1 aliphatic heterocycles. The van der Waals surface area contributed by atoms with Crippen molar-refractivity contribution >= 4 is 23.4 Å². The third kappa shape index (κ3) is 2.83. The molecule has 0 aliphatic carbocycles. The van der Waals surface area contributed by atoms with Crippen molar-refractivity contribution in [1.29, 1.82) is 0 Å². The molecular formula is C10H12ClN3O3. The summed E-state index contributed by atoms with van der Waals surface area (Å²) in [6.45, 7) is 1.51. The number of ether oxygens (including phenoxy) is 2. The molecule has 1 aromatic rings. The van der Waals surface area contributed by atoms with Gasteiger partial charge in [0.15, 0.2) is 17.1 Å². The second-order valence-electron chi connectivity index (χ2n) is 3.54. The van der Waals surface area contributed by atoms with E-state index in [1.165, 1.54) is 7.11 Å². The Labute approximate surface area is 103 Å². The molecule has 0 unspecified atom stereocenters. The number of carbonyl (C=O) groups is 1. The van der Waals surface area contributed by atoms with Crippen LogP contribution in [0.2, 0.25) is 5.15 Å². The van der Waals surface area contributed by atoms with E-state index < -0.39 is 6.10 Å². The highest BCUT2D eigenvalue weighted by Gasteiger charge is 2.28. The molecule has 92 valence electrons. The van der Waals surface area contributed by atoms with Gasteiger partial charge in [-0.15, -0.1) is 10.2 Å². The number of methoxy groups -OCH3 is 1. The van der Waals surface area contributed by atoms with Gasteiger partial charge >= 0.3 is 5.97 Å². The van der Waals surface area contributed by atoms with Gasteiger partial charge in [0.2, 0.25) is 0 Å². The van der Waals surface area contributed by atoms with Crippen LogP contribution in [0.5, 0.6) is 0 Å². The van der Waals surface area contributed by atoms with Gasteiger partial charge in [-0.3, -0.25) is 0 Å². The molecule has 0 bridgehead atoms. The van der Waals surface area contributed by atoms with E-state index in [-0.39, 0.29) is 5.97 Å². The maximum absolute atomic E-state index is 11.4. The zero-order valence-electron chi connectivity index (χ0n) is 9.30. The van der Waals surface area contributed by atoms with E-state index in [0.717, 1.165) is 0 Å². The van der Waals surface area contributed by atoms with Crippen LogP contribution in [0.1, 0.15) is 0 Å². The summed E-state index contributed by atoms with van der Waals surface area (Å²) in [7, 11) is 1.34. The molecular weight excluding hydrogens is 246 g/mol. The van der Waals surface area contributed by atoms with Crippen molar-refractivity contribution in [2.45, 2.75) is 6.10 Å². The highest BCUT2D eigenvalue weighted by atomic mass is 35.5. The van der Waals surface area contributed by atoms with Gasteiger partial charge in [-0.05, 0) is 12.1 Å². The number of esters is 1. The van der Waals surface area contributed by atoms with Crippen LogP contribution in [-0.4, -0.2) is 49.1 Å². The normalized spacial score (nSPS) is 20.1. The number of anilines is 1. The summed E-state index contributed by atoms with van der Waals surface area (Å²) in [4.78, 5) is 13.3. The van der Waals surface area contributed by atoms with E-state index >= 15 is 0 Å². The molecule has 2 heterocycles. The third-order valence-corrected chi connectivity index (χ3v) is 2.67. The summed E-state index contributed by atoms with van der Waals surface area (Å²) in [6, 6.07) is 3.42. The quantitative estimate of drug-likeness (QED) is 0.720. The maximum atomic E-state index is 11.4. The van der Waals surface area contributed by atoms with Crippen LogP contribution < -0.4 is 4.90 Å². The van der Waals surface area contributed by atoms with Gasteiger partial charge in [0.1, 0.15) is 0 Å². The van der Waals surface area contributed by atoms with Crippen molar-refractivity contribution in [3.05, 3.63) is 17.3 Å². The molecule has 0 spiro atoms. The van der Waals surface area contributed by atoms with Gasteiger partial charge < -0.3 is 14.4 Å². The van der Waals surface area contributed by atoms with Crippen molar-refractivity contribution < 1.29 is 14.3 Å². The van der Waals surface area contributed by atoms with Crippen molar-refractivity contribution in [3.8, 4) is 0 Å². The Balaban J connectivity index is 2.06. The van der Waals surface area contributed by atoms with E-state index in [0.29, 0.717) is 30.7 Å². The van der Waals surface area contributed by atoms with Crippen molar-refractivity contribution in [3.63, 3.8) is 0 Å². The average molecular weight is 258 g/mol. The summed E-state index contributed by atoms with van der Waals surface area (Å²) in [5, 5.41) is 8.06. The SMILES string of the molecule is COC(=O)[C@@H]1CN(c2ccc(Cl)nn2)CCO1. The molecule has 1 fully saturated rings. The van der Waals surface area contributed by atoms with Crippen molar-refractivity contribution in [1.82, 2.24) is 10.2 Å². The average Bonchev–Trinajstić information content (AvgIpc) is 2.39. The van der Waals surface area contributed by atoms with Crippen LogP contribution in [0, 0.1) is 0 Å².